The zero-order valence-corrected chi connectivity index (χ0v) is 44.2. The van der Waals surface area contributed by atoms with Crippen LogP contribution in [0.4, 0.5) is 0 Å². The monoisotopic (exact) mass is 1030 g/mol. The number of imidazole rings is 2. The highest BCUT2D eigenvalue weighted by molar-refractivity contribution is 6.30. The van der Waals surface area contributed by atoms with E-state index < -0.39 is 18.1 Å². The van der Waals surface area contributed by atoms with Crippen molar-refractivity contribution < 1.29 is 32.6 Å². The zero-order valence-electron chi connectivity index (χ0n) is 46.5. The zero-order chi connectivity index (χ0) is 55.0. The van der Waals surface area contributed by atoms with Crippen LogP contribution in [0.3, 0.4) is 0 Å². The Balaban J connectivity index is 0.000000166. The summed E-state index contributed by atoms with van der Waals surface area (Å²) in [6.07, 6.45) is 9.68. The largest absolute Gasteiger partial charge is 0.496 e. The molecule has 3 aromatic carbocycles. The molecule has 2 amide bonds. The number of hydrogen-bond acceptors (Lipinski definition) is 10. The van der Waals surface area contributed by atoms with E-state index in [1.54, 1.807) is 18.9 Å². The fourth-order valence-electron chi connectivity index (χ4n) is 11.0. The highest BCUT2D eigenvalue weighted by Crippen LogP contribution is 2.43. The van der Waals surface area contributed by atoms with Gasteiger partial charge in [-0.15, -0.1) is 0 Å². The minimum atomic E-state index is -2.39. The lowest BCUT2D eigenvalue weighted by atomic mass is 9.95. The van der Waals surface area contributed by atoms with Crippen LogP contribution in [-0.2, 0) is 56.2 Å². The first-order chi connectivity index (χ1) is 37.3. The molecule has 2 saturated heterocycles. The molecular formula is C57H62ClN11O6. The average molecular weight is 1040 g/mol. The van der Waals surface area contributed by atoms with E-state index >= 15 is 0 Å². The molecule has 17 nitrogen and oxygen atoms in total. The number of fused-ring (bicyclic) bond motifs is 6. The number of carbonyl (C=O) groups excluding carboxylic acids is 2. The second-order valence-corrected chi connectivity index (χ2v) is 21.1. The van der Waals surface area contributed by atoms with E-state index in [9.17, 15) is 9.59 Å². The molecule has 2 fully saturated rings. The van der Waals surface area contributed by atoms with Crippen molar-refractivity contribution in [3.05, 3.63) is 130 Å². The number of rotatable bonds is 8. The number of amides is 2. The number of benzene rings is 3. The van der Waals surface area contributed by atoms with E-state index in [1.807, 2.05) is 123 Å². The van der Waals surface area contributed by atoms with Crippen molar-refractivity contribution >= 4 is 23.4 Å². The molecule has 0 spiro atoms. The van der Waals surface area contributed by atoms with Crippen molar-refractivity contribution in [2.75, 3.05) is 53.7 Å². The van der Waals surface area contributed by atoms with Crippen LogP contribution in [-0.4, -0.2) is 130 Å². The third-order valence-electron chi connectivity index (χ3n) is 14.8. The molecule has 9 heterocycles. The summed E-state index contributed by atoms with van der Waals surface area (Å²) in [6, 6.07) is 21.7. The van der Waals surface area contributed by atoms with Gasteiger partial charge in [-0.05, 0) is 119 Å². The minimum absolute atomic E-state index is 0.0720. The van der Waals surface area contributed by atoms with Crippen LogP contribution >= 0.6 is 11.6 Å². The summed E-state index contributed by atoms with van der Waals surface area (Å²) in [4.78, 5) is 41.9. The Morgan fingerprint density at radius 2 is 1.29 bits per heavy atom. The van der Waals surface area contributed by atoms with Gasteiger partial charge in [0.1, 0.15) is 17.3 Å². The molecule has 0 N–H and O–H groups in total. The summed E-state index contributed by atoms with van der Waals surface area (Å²) in [7, 11) is 7.12. The van der Waals surface area contributed by atoms with E-state index in [0.717, 1.165) is 73.3 Å². The lowest BCUT2D eigenvalue weighted by Crippen LogP contribution is -2.55. The van der Waals surface area contributed by atoms with Gasteiger partial charge in [-0.25, -0.2) is 9.97 Å². The van der Waals surface area contributed by atoms with Crippen LogP contribution in [0.2, 0.25) is 5.02 Å². The molecule has 18 heteroatoms. The first-order valence-electron chi connectivity index (χ1n) is 26.6. The third-order valence-corrected chi connectivity index (χ3v) is 15.1. The summed E-state index contributed by atoms with van der Waals surface area (Å²) in [5.41, 5.74) is 10.6. The Kier molecular flexibility index (Phi) is 11.9. The quantitative estimate of drug-likeness (QED) is 0.145. The van der Waals surface area contributed by atoms with Crippen LogP contribution in [0.1, 0.15) is 75.3 Å². The van der Waals surface area contributed by atoms with Gasteiger partial charge in [0, 0.05) is 84.1 Å². The lowest BCUT2D eigenvalue weighted by Gasteiger charge is -2.41. The first kappa shape index (κ1) is 46.1. The van der Waals surface area contributed by atoms with Gasteiger partial charge in [0.25, 0.3) is 11.8 Å². The maximum absolute atomic E-state index is 14.1. The highest BCUT2D eigenvalue weighted by atomic mass is 35.5. The smallest absolute Gasteiger partial charge is 0.274 e. The number of halogens is 1. The third kappa shape index (κ3) is 8.89. The van der Waals surface area contributed by atoms with Gasteiger partial charge in [-0.3, -0.25) is 28.1 Å². The molecule has 0 unspecified atom stereocenters. The Hall–Kier alpha value is -7.47. The van der Waals surface area contributed by atoms with Gasteiger partial charge in [-0.2, -0.15) is 10.2 Å². The van der Waals surface area contributed by atoms with E-state index in [1.165, 1.54) is 12.4 Å². The summed E-state index contributed by atoms with van der Waals surface area (Å²) in [6.45, 7) is 8.70. The molecule has 0 radical (unpaired) electrons. The molecule has 5 aromatic heterocycles. The van der Waals surface area contributed by atoms with Crippen molar-refractivity contribution in [1.29, 1.82) is 0 Å². The van der Waals surface area contributed by atoms with Crippen molar-refractivity contribution in [3.63, 3.8) is 0 Å². The number of morpholine rings is 2. The molecule has 12 rings (SSSR count). The second-order valence-electron chi connectivity index (χ2n) is 20.7. The molecular weight excluding hydrogens is 970 g/mol. The van der Waals surface area contributed by atoms with Crippen LogP contribution in [0, 0.1) is 0 Å². The Morgan fingerprint density at radius 1 is 0.693 bits per heavy atom. The SMILES string of the molecule is COc1cc2c(cc1-c1ccn(C)n1)-n1c(-c3cccc(Cl)c3)nc(C(=O)N3CCOCC3(C)C)c1CC2.[2H]C([2H])([2H])n1cc(-c2cc3c(cc2OC)CCc2c(C(=O)N4CCOCC4(C)C)nc(-c4cccn4C)n2-3)cn1. The van der Waals surface area contributed by atoms with Crippen molar-refractivity contribution in [3.8, 4) is 68.2 Å². The van der Waals surface area contributed by atoms with Crippen molar-refractivity contribution in [2.24, 2.45) is 21.1 Å². The normalized spacial score (nSPS) is 17.1. The fourth-order valence-corrected chi connectivity index (χ4v) is 11.2. The number of nitrogens with zero attached hydrogens (tertiary/aromatic N) is 11. The molecule has 4 aliphatic heterocycles. The van der Waals surface area contributed by atoms with Gasteiger partial charge in [0.2, 0.25) is 0 Å². The van der Waals surface area contributed by atoms with Crippen LogP contribution < -0.4 is 9.47 Å². The van der Waals surface area contributed by atoms with Gasteiger partial charge >= 0.3 is 0 Å². The predicted molar refractivity (Wildman–Crippen MR) is 286 cm³/mol. The number of carbonyl (C=O) groups is 2. The molecule has 8 aromatic rings. The number of aryl methyl sites for hydroxylation is 5. The fraction of sp³-hybridized carbons (Fsp3) is 0.368. The Labute approximate surface area is 445 Å². The molecule has 75 heavy (non-hydrogen) atoms. The minimum Gasteiger partial charge on any atom is -0.496 e. The number of aromatic nitrogens is 9. The van der Waals surface area contributed by atoms with Gasteiger partial charge in [0.05, 0.1) is 92.1 Å². The standard InChI is InChI=1S/C29H30ClN5O3.C28H32N6O3/c1-29(2)17-38-13-12-34(29)28(36)26-23-9-8-18-15-25(37-4)21(22-10-11-33(3)32-22)16-24(18)35(23)27(31-26)19-6-5-7-20(30)14-19;1-28(2)17-37-12-11-33(28)27(35)25-21-9-8-18-13-24(36-5)20(19-15-29-32(4)16-19)14-23(18)34(21)26(30-25)22-7-6-10-31(22)3/h5-7,10-11,14-16H,8-9,12-13,17H2,1-4H3;6-7,10,13-16H,8-9,11-12,17H2,1-5H3/i;4D3. The number of methoxy groups -OCH3 is 2. The van der Waals surface area contributed by atoms with Crippen LogP contribution in [0.5, 0.6) is 11.5 Å². The average Bonchev–Trinajstić information content (AvgIpc) is 4.39. The Morgan fingerprint density at radius 3 is 1.83 bits per heavy atom. The first-order valence-corrected chi connectivity index (χ1v) is 25.5. The molecule has 388 valence electrons. The van der Waals surface area contributed by atoms with Gasteiger partial charge in [0.15, 0.2) is 17.2 Å². The molecule has 0 aliphatic carbocycles. The molecule has 0 bridgehead atoms. The van der Waals surface area contributed by atoms with Crippen LogP contribution in [0.15, 0.2) is 91.5 Å². The molecule has 0 saturated carbocycles. The predicted octanol–water partition coefficient (Wildman–Crippen LogP) is 8.59. The van der Waals surface area contributed by atoms with Gasteiger partial charge < -0.3 is 33.3 Å². The maximum Gasteiger partial charge on any atom is 0.274 e. The summed E-state index contributed by atoms with van der Waals surface area (Å²) >= 11 is 6.40. The van der Waals surface area contributed by atoms with Crippen LogP contribution in [0.25, 0.3) is 56.7 Å². The van der Waals surface area contributed by atoms with E-state index in [-0.39, 0.29) is 11.8 Å². The number of ether oxygens (including phenoxy) is 4. The van der Waals surface area contributed by atoms with E-state index in [0.29, 0.717) is 104 Å². The van der Waals surface area contributed by atoms with Gasteiger partial charge in [-0.1, -0.05) is 23.7 Å². The maximum atomic E-state index is 14.1. The van der Waals surface area contributed by atoms with Crippen molar-refractivity contribution in [2.45, 2.75) is 64.5 Å². The number of hydrogen-bond donors (Lipinski definition) is 0. The summed E-state index contributed by atoms with van der Waals surface area (Å²) < 4.78 is 54.9. The Bertz CT molecular complexity index is 3640. The molecule has 0 atom stereocenters. The lowest BCUT2D eigenvalue weighted by molar-refractivity contribution is -0.0375. The molecule has 4 aliphatic rings. The van der Waals surface area contributed by atoms with E-state index in [4.69, 9.17) is 44.6 Å². The second kappa shape index (κ2) is 19.3. The van der Waals surface area contributed by atoms with Crippen molar-refractivity contribution in [1.82, 2.24) is 53.0 Å². The van der Waals surface area contributed by atoms with E-state index in [2.05, 4.69) is 31.5 Å². The topological polar surface area (TPSA) is 154 Å². The highest BCUT2D eigenvalue weighted by Gasteiger charge is 2.41. The summed E-state index contributed by atoms with van der Waals surface area (Å²) in [5, 5.41) is 9.31. The summed E-state index contributed by atoms with van der Waals surface area (Å²) in [5.74, 6) is 2.58.